The minimum atomic E-state index is -0.185. The summed E-state index contributed by atoms with van der Waals surface area (Å²) in [6.45, 7) is 3.84. The fourth-order valence-electron chi connectivity index (χ4n) is 2.62. The molecule has 0 spiro atoms. The van der Waals surface area contributed by atoms with Gasteiger partial charge in [-0.25, -0.2) is 4.68 Å². The lowest BCUT2D eigenvalue weighted by Crippen LogP contribution is -2.16. The second-order valence-corrected chi connectivity index (χ2v) is 7.40. The average molecular weight is 357 g/mol. The van der Waals surface area contributed by atoms with Crippen molar-refractivity contribution in [1.82, 2.24) is 19.4 Å². The molecule has 6 nitrogen and oxygen atoms in total. The number of benzene rings is 1. The van der Waals surface area contributed by atoms with Crippen molar-refractivity contribution < 1.29 is 4.79 Å². The number of rotatable bonds is 3. The van der Waals surface area contributed by atoms with Crippen LogP contribution in [0.1, 0.15) is 32.2 Å². The van der Waals surface area contributed by atoms with Gasteiger partial charge in [-0.05, 0) is 37.5 Å². The van der Waals surface area contributed by atoms with Crippen LogP contribution in [0.25, 0.3) is 5.69 Å². The predicted molar refractivity (Wildman–Crippen MR) is 95.9 cm³/mol. The highest BCUT2D eigenvalue weighted by Gasteiger charge is 2.26. The second-order valence-electron chi connectivity index (χ2n) is 5.66. The van der Waals surface area contributed by atoms with Crippen molar-refractivity contribution in [2.45, 2.75) is 25.4 Å². The van der Waals surface area contributed by atoms with Gasteiger partial charge >= 0.3 is 0 Å². The lowest BCUT2D eigenvalue weighted by atomic mass is 10.2. The Hall–Kier alpha value is -2.19. The van der Waals surface area contributed by atoms with E-state index >= 15 is 0 Å². The number of amides is 1. The number of fused-ring (bicyclic) bond motifs is 1. The second kappa shape index (κ2) is 6.03. The van der Waals surface area contributed by atoms with E-state index < -0.39 is 0 Å². The third kappa shape index (κ3) is 2.61. The van der Waals surface area contributed by atoms with E-state index in [1.54, 1.807) is 6.92 Å². The number of thioether (sulfide) groups is 1. The van der Waals surface area contributed by atoms with E-state index in [9.17, 15) is 4.79 Å². The summed E-state index contributed by atoms with van der Waals surface area (Å²) < 4.78 is 5.66. The van der Waals surface area contributed by atoms with Crippen molar-refractivity contribution >= 4 is 35.0 Å². The number of aromatic nitrogens is 4. The smallest absolute Gasteiger partial charge is 0.270 e. The Morgan fingerprint density at radius 2 is 2.00 bits per heavy atom. The van der Waals surface area contributed by atoms with E-state index in [2.05, 4.69) is 14.9 Å². The van der Waals surface area contributed by atoms with Gasteiger partial charge in [0.15, 0.2) is 0 Å². The number of carbonyl (C=O) groups is 1. The highest BCUT2D eigenvalue weighted by atomic mass is 32.2. The Balaban J connectivity index is 1.75. The van der Waals surface area contributed by atoms with Gasteiger partial charge in [0, 0.05) is 17.1 Å². The lowest BCUT2D eigenvalue weighted by molar-refractivity contribution is 0.102. The van der Waals surface area contributed by atoms with Crippen LogP contribution in [0.5, 0.6) is 0 Å². The number of aryl methyl sites for hydroxylation is 2. The van der Waals surface area contributed by atoms with Crippen molar-refractivity contribution in [3.63, 3.8) is 0 Å². The zero-order chi connectivity index (χ0) is 16.7. The zero-order valence-corrected chi connectivity index (χ0v) is 14.9. The summed E-state index contributed by atoms with van der Waals surface area (Å²) in [7, 11) is 0. The summed E-state index contributed by atoms with van der Waals surface area (Å²) in [5.41, 5.74) is 4.91. The van der Waals surface area contributed by atoms with Gasteiger partial charge in [-0.3, -0.25) is 4.79 Å². The fourth-order valence-corrected chi connectivity index (χ4v) is 4.20. The highest BCUT2D eigenvalue weighted by molar-refractivity contribution is 7.98. The van der Waals surface area contributed by atoms with Crippen molar-refractivity contribution in [1.29, 1.82) is 0 Å². The molecule has 122 valence electrons. The van der Waals surface area contributed by atoms with Crippen LogP contribution in [-0.4, -0.2) is 25.3 Å². The van der Waals surface area contributed by atoms with Gasteiger partial charge in [0.2, 0.25) is 0 Å². The van der Waals surface area contributed by atoms with E-state index in [1.165, 1.54) is 5.56 Å². The molecule has 2 aromatic heterocycles. The molecule has 3 aromatic rings. The molecule has 1 aliphatic heterocycles. The normalized spacial score (nSPS) is 13.1. The number of carbonyl (C=O) groups excluding carboxylic acids is 1. The van der Waals surface area contributed by atoms with Crippen molar-refractivity contribution in [2.24, 2.45) is 0 Å². The summed E-state index contributed by atoms with van der Waals surface area (Å²) in [5, 5.41) is 11.6. The monoisotopic (exact) mass is 357 g/mol. The maximum absolute atomic E-state index is 12.6. The van der Waals surface area contributed by atoms with Crippen molar-refractivity contribution in [3.05, 3.63) is 51.7 Å². The Bertz CT molecular complexity index is 913. The molecule has 0 saturated heterocycles. The molecule has 0 atom stereocenters. The molecule has 1 aromatic carbocycles. The summed E-state index contributed by atoms with van der Waals surface area (Å²) in [6.07, 6.45) is 0. The molecule has 1 aliphatic rings. The van der Waals surface area contributed by atoms with Crippen molar-refractivity contribution in [2.75, 3.05) is 5.32 Å². The molecule has 0 radical (unpaired) electrons. The van der Waals surface area contributed by atoms with Crippen LogP contribution >= 0.6 is 23.3 Å². The Morgan fingerprint density at radius 1 is 1.21 bits per heavy atom. The Morgan fingerprint density at radius 3 is 2.71 bits per heavy atom. The first-order valence-corrected chi connectivity index (χ1v) is 9.42. The highest BCUT2D eigenvalue weighted by Crippen LogP contribution is 2.36. The number of anilines is 1. The number of hydrogen-bond acceptors (Lipinski definition) is 6. The van der Waals surface area contributed by atoms with Gasteiger partial charge in [-0.15, -0.1) is 5.10 Å². The molecule has 8 heteroatoms. The van der Waals surface area contributed by atoms with Gasteiger partial charge in [0.25, 0.3) is 5.91 Å². The number of hydrogen-bond donors (Lipinski definition) is 1. The van der Waals surface area contributed by atoms with Crippen LogP contribution in [0.15, 0.2) is 24.3 Å². The molecule has 0 fully saturated rings. The Kier molecular flexibility index (Phi) is 3.85. The van der Waals surface area contributed by atoms with Crippen LogP contribution in [0.3, 0.4) is 0 Å². The van der Waals surface area contributed by atoms with Gasteiger partial charge in [0.1, 0.15) is 10.7 Å². The van der Waals surface area contributed by atoms with Crippen LogP contribution in [0.4, 0.5) is 5.82 Å². The molecule has 0 bridgehead atoms. The average Bonchev–Trinajstić information content (AvgIpc) is 3.26. The van der Waals surface area contributed by atoms with E-state index in [0.717, 1.165) is 45.8 Å². The third-order valence-electron chi connectivity index (χ3n) is 3.92. The molecule has 1 N–H and O–H groups in total. The van der Waals surface area contributed by atoms with Gasteiger partial charge in [-0.2, -0.15) is 16.9 Å². The SMILES string of the molecule is Cc1ccc(-n2nc3c(c2NC(=O)c2snnc2C)CSC3)cc1. The van der Waals surface area contributed by atoms with Crippen LogP contribution < -0.4 is 5.32 Å². The minimum absolute atomic E-state index is 0.185. The maximum atomic E-state index is 12.6. The molecule has 1 amide bonds. The van der Waals surface area contributed by atoms with Gasteiger partial charge in [0.05, 0.1) is 17.1 Å². The third-order valence-corrected chi connectivity index (χ3v) is 5.72. The first-order chi connectivity index (χ1) is 11.6. The standard InChI is InChI=1S/C16H15N5OS2/c1-9-3-5-11(6-4-9)21-15(12-7-23-8-13(12)19-21)17-16(22)14-10(2)18-20-24-14/h3-6H,7-8H2,1-2H3,(H,17,22). The lowest BCUT2D eigenvalue weighted by Gasteiger charge is -2.10. The van der Waals surface area contributed by atoms with Gasteiger partial charge in [-0.1, -0.05) is 22.2 Å². The Labute approximate surface area is 147 Å². The first-order valence-electron chi connectivity index (χ1n) is 7.49. The van der Waals surface area contributed by atoms with Crippen molar-refractivity contribution in [3.8, 4) is 5.69 Å². The van der Waals surface area contributed by atoms with Crippen LogP contribution in [0, 0.1) is 13.8 Å². The first kappa shape index (κ1) is 15.3. The summed E-state index contributed by atoms with van der Waals surface area (Å²) in [6, 6.07) is 8.11. The van der Waals surface area contributed by atoms with Crippen LogP contribution in [0.2, 0.25) is 0 Å². The molecule has 0 saturated carbocycles. The van der Waals surface area contributed by atoms with Gasteiger partial charge < -0.3 is 5.32 Å². The zero-order valence-electron chi connectivity index (χ0n) is 13.2. The summed E-state index contributed by atoms with van der Waals surface area (Å²) >= 11 is 2.92. The minimum Gasteiger partial charge on any atom is -0.305 e. The summed E-state index contributed by atoms with van der Waals surface area (Å²) in [5.74, 6) is 2.29. The topological polar surface area (TPSA) is 72.7 Å². The van der Waals surface area contributed by atoms with E-state index in [1.807, 2.05) is 47.6 Å². The quantitative estimate of drug-likeness (QED) is 0.778. The molecule has 4 rings (SSSR count). The number of nitrogens with one attached hydrogen (secondary N) is 1. The molecule has 3 heterocycles. The molecule has 24 heavy (non-hydrogen) atoms. The molecule has 0 aliphatic carbocycles. The fraction of sp³-hybridized carbons (Fsp3) is 0.250. The predicted octanol–water partition coefficient (Wildman–Crippen LogP) is 3.34. The van der Waals surface area contributed by atoms with Crippen LogP contribution in [-0.2, 0) is 11.5 Å². The molecular formula is C16H15N5OS2. The summed E-state index contributed by atoms with van der Waals surface area (Å²) in [4.78, 5) is 13.1. The van der Waals surface area contributed by atoms with E-state index in [-0.39, 0.29) is 5.91 Å². The van der Waals surface area contributed by atoms with E-state index in [0.29, 0.717) is 10.6 Å². The number of nitrogens with zero attached hydrogens (tertiary/aromatic N) is 4. The van der Waals surface area contributed by atoms with E-state index in [4.69, 9.17) is 5.10 Å². The molecule has 0 unspecified atom stereocenters. The largest absolute Gasteiger partial charge is 0.305 e. The molecular weight excluding hydrogens is 342 g/mol. The maximum Gasteiger partial charge on any atom is 0.270 e.